The highest BCUT2D eigenvalue weighted by molar-refractivity contribution is 5.73. The Balaban J connectivity index is 0.000000366. The first-order chi connectivity index (χ1) is 7.76. The minimum absolute atomic E-state index is 0.403. The minimum Gasteiger partial charge on any atom is -0.335 e. The number of imidazole rings is 1. The monoisotopic (exact) mass is 242 g/mol. The molecule has 0 unspecified atom stereocenters. The second kappa shape index (κ2) is 6.51. The Kier molecular flexibility index (Phi) is 6.05. The maximum absolute atomic E-state index is 10.4. The van der Waals surface area contributed by atoms with Crippen LogP contribution in [0.5, 0.6) is 0 Å². The molecule has 0 saturated carbocycles. The molecule has 1 aromatic heterocycles. The highest BCUT2D eigenvalue weighted by atomic mass is 17.1. The molecule has 0 aliphatic rings. The topological polar surface area (TPSA) is 64.3 Å². The van der Waals surface area contributed by atoms with Crippen LogP contribution in [0, 0.1) is 6.92 Å². The molecular weight excluding hydrogens is 220 g/mol. The zero-order valence-electron chi connectivity index (χ0n) is 11.4. The molecule has 0 fully saturated rings. The van der Waals surface area contributed by atoms with Crippen molar-refractivity contribution >= 4 is 6.29 Å². The Morgan fingerprint density at radius 2 is 1.94 bits per heavy atom. The number of hydrogen-bond acceptors (Lipinski definition) is 4. The minimum atomic E-state index is -0.403. The van der Waals surface area contributed by atoms with Crippen molar-refractivity contribution in [3.63, 3.8) is 0 Å². The van der Waals surface area contributed by atoms with E-state index in [9.17, 15) is 4.79 Å². The lowest BCUT2D eigenvalue weighted by atomic mass is 10.2. The third-order valence-electron chi connectivity index (χ3n) is 2.21. The Bertz CT molecular complexity index is 365. The average Bonchev–Trinajstić information content (AvgIpc) is 2.55. The molecule has 0 amide bonds. The van der Waals surface area contributed by atoms with Gasteiger partial charge in [-0.15, -0.1) is 0 Å². The van der Waals surface area contributed by atoms with Gasteiger partial charge in [0.05, 0.1) is 5.60 Å². The Labute approximate surface area is 102 Å². The van der Waals surface area contributed by atoms with E-state index in [1.807, 2.05) is 25.5 Å². The van der Waals surface area contributed by atoms with Gasteiger partial charge < -0.3 is 4.57 Å². The number of aldehydes is 1. The number of carbonyl (C=O) groups excluding carboxylic acids is 1. The lowest BCUT2D eigenvalue weighted by Crippen LogP contribution is -2.15. The normalized spacial score (nSPS) is 10.8. The summed E-state index contributed by atoms with van der Waals surface area (Å²) in [5.74, 6) is 0.963. The SMILES string of the molecule is CC(C)(C)OO.CCc1nc(C=O)c(C)n1C. The van der Waals surface area contributed by atoms with Crippen LogP contribution >= 0.6 is 0 Å². The molecule has 1 rings (SSSR count). The summed E-state index contributed by atoms with van der Waals surface area (Å²) in [5.41, 5.74) is 1.10. The highest BCUT2D eigenvalue weighted by Crippen LogP contribution is 2.06. The number of carbonyl (C=O) groups is 1. The quantitative estimate of drug-likeness (QED) is 0.491. The fraction of sp³-hybridized carbons (Fsp3) is 0.667. The Morgan fingerprint density at radius 1 is 1.47 bits per heavy atom. The molecule has 1 aromatic rings. The highest BCUT2D eigenvalue weighted by Gasteiger charge is 2.07. The molecular formula is C12H22N2O3. The summed E-state index contributed by atoms with van der Waals surface area (Å²) in [5, 5.41) is 7.90. The van der Waals surface area contributed by atoms with E-state index in [-0.39, 0.29) is 0 Å². The molecule has 17 heavy (non-hydrogen) atoms. The maximum atomic E-state index is 10.4. The van der Waals surface area contributed by atoms with Crippen molar-refractivity contribution in [2.75, 3.05) is 0 Å². The summed E-state index contributed by atoms with van der Waals surface area (Å²) >= 11 is 0. The summed E-state index contributed by atoms with van der Waals surface area (Å²) in [6.45, 7) is 9.24. The van der Waals surface area contributed by atoms with Gasteiger partial charge in [-0.05, 0) is 27.7 Å². The largest absolute Gasteiger partial charge is 0.335 e. The first-order valence-corrected chi connectivity index (χ1v) is 5.56. The molecule has 1 N–H and O–H groups in total. The summed E-state index contributed by atoms with van der Waals surface area (Å²) < 4.78 is 1.95. The van der Waals surface area contributed by atoms with Gasteiger partial charge in [-0.2, -0.15) is 0 Å². The van der Waals surface area contributed by atoms with Crippen molar-refractivity contribution in [2.45, 2.75) is 46.6 Å². The fourth-order valence-electron chi connectivity index (χ4n) is 1.09. The van der Waals surface area contributed by atoms with Gasteiger partial charge in [-0.1, -0.05) is 6.92 Å². The van der Waals surface area contributed by atoms with E-state index in [1.165, 1.54) is 0 Å². The first kappa shape index (κ1) is 15.8. The van der Waals surface area contributed by atoms with Gasteiger partial charge in [0.1, 0.15) is 11.5 Å². The number of rotatable bonds is 2. The lowest BCUT2D eigenvalue weighted by Gasteiger charge is -2.10. The number of hydrogen-bond donors (Lipinski definition) is 1. The van der Waals surface area contributed by atoms with Crippen LogP contribution in [0.1, 0.15) is 49.7 Å². The molecule has 1 heterocycles. The third kappa shape index (κ3) is 5.10. The van der Waals surface area contributed by atoms with Gasteiger partial charge >= 0.3 is 0 Å². The van der Waals surface area contributed by atoms with E-state index in [1.54, 1.807) is 20.8 Å². The molecule has 0 aliphatic heterocycles. The van der Waals surface area contributed by atoms with Crippen molar-refractivity contribution in [2.24, 2.45) is 7.05 Å². The van der Waals surface area contributed by atoms with Crippen LogP contribution in [0.3, 0.4) is 0 Å². The van der Waals surface area contributed by atoms with Gasteiger partial charge in [0.15, 0.2) is 6.29 Å². The predicted molar refractivity (Wildman–Crippen MR) is 66.2 cm³/mol. The summed E-state index contributed by atoms with van der Waals surface area (Å²) in [6, 6.07) is 0. The smallest absolute Gasteiger partial charge is 0.170 e. The maximum Gasteiger partial charge on any atom is 0.170 e. The first-order valence-electron chi connectivity index (χ1n) is 5.56. The molecule has 0 radical (unpaired) electrons. The van der Waals surface area contributed by atoms with Gasteiger partial charge in [0.25, 0.3) is 0 Å². The summed E-state index contributed by atoms with van der Waals surface area (Å²) in [6.07, 6.45) is 1.67. The van der Waals surface area contributed by atoms with Crippen molar-refractivity contribution in [1.29, 1.82) is 0 Å². The van der Waals surface area contributed by atoms with Crippen LogP contribution in [0.25, 0.3) is 0 Å². The van der Waals surface area contributed by atoms with Crippen molar-refractivity contribution in [3.05, 3.63) is 17.2 Å². The third-order valence-corrected chi connectivity index (χ3v) is 2.21. The second-order valence-electron chi connectivity index (χ2n) is 4.73. The van der Waals surface area contributed by atoms with Crippen LogP contribution < -0.4 is 0 Å². The molecule has 5 nitrogen and oxygen atoms in total. The van der Waals surface area contributed by atoms with E-state index < -0.39 is 5.60 Å². The van der Waals surface area contributed by atoms with Gasteiger partial charge in [-0.25, -0.2) is 9.87 Å². The van der Waals surface area contributed by atoms with Gasteiger partial charge in [-0.3, -0.25) is 10.1 Å². The summed E-state index contributed by atoms with van der Waals surface area (Å²) in [4.78, 5) is 18.5. The summed E-state index contributed by atoms with van der Waals surface area (Å²) in [7, 11) is 1.92. The Morgan fingerprint density at radius 3 is 2.12 bits per heavy atom. The van der Waals surface area contributed by atoms with E-state index in [4.69, 9.17) is 5.26 Å². The van der Waals surface area contributed by atoms with Crippen LogP contribution in [-0.2, 0) is 18.4 Å². The molecule has 0 atom stereocenters. The predicted octanol–water partition coefficient (Wildman–Crippen LogP) is 2.38. The van der Waals surface area contributed by atoms with Crippen molar-refractivity contribution in [3.8, 4) is 0 Å². The van der Waals surface area contributed by atoms with Crippen molar-refractivity contribution in [1.82, 2.24) is 9.55 Å². The molecule has 0 spiro atoms. The zero-order chi connectivity index (χ0) is 13.6. The van der Waals surface area contributed by atoms with Crippen molar-refractivity contribution < 1.29 is 14.9 Å². The zero-order valence-corrected chi connectivity index (χ0v) is 11.4. The Hall–Kier alpha value is -1.20. The van der Waals surface area contributed by atoms with Gasteiger partial charge in [0.2, 0.25) is 0 Å². The van der Waals surface area contributed by atoms with Crippen LogP contribution in [0.2, 0.25) is 0 Å². The number of aryl methyl sites for hydroxylation is 1. The molecule has 0 saturated heterocycles. The van der Waals surface area contributed by atoms with Crippen LogP contribution in [-0.4, -0.2) is 26.7 Å². The van der Waals surface area contributed by atoms with E-state index in [0.29, 0.717) is 5.69 Å². The molecule has 0 aliphatic carbocycles. The van der Waals surface area contributed by atoms with Gasteiger partial charge in [0, 0.05) is 19.2 Å². The van der Waals surface area contributed by atoms with E-state index >= 15 is 0 Å². The lowest BCUT2D eigenvalue weighted by molar-refractivity contribution is -0.306. The second-order valence-corrected chi connectivity index (χ2v) is 4.73. The van der Waals surface area contributed by atoms with Crippen LogP contribution in [0.4, 0.5) is 0 Å². The standard InChI is InChI=1S/C8H12N2O.C4H10O2/c1-4-8-9-7(5-11)6(2)10(8)3;1-4(2,3)6-5/h5H,4H2,1-3H3;5H,1-3H3. The van der Waals surface area contributed by atoms with E-state index in [0.717, 1.165) is 24.2 Å². The molecule has 98 valence electrons. The number of aromatic nitrogens is 2. The van der Waals surface area contributed by atoms with Crippen LogP contribution in [0.15, 0.2) is 0 Å². The fourth-order valence-corrected chi connectivity index (χ4v) is 1.09. The average molecular weight is 242 g/mol. The molecule has 0 bridgehead atoms. The molecule has 0 aromatic carbocycles. The van der Waals surface area contributed by atoms with E-state index in [2.05, 4.69) is 9.87 Å². The number of nitrogens with zero attached hydrogens (tertiary/aromatic N) is 2. The molecule has 5 heteroatoms.